The fourth-order valence-electron chi connectivity index (χ4n) is 1.10. The summed E-state index contributed by atoms with van der Waals surface area (Å²) in [6.07, 6.45) is 0. The Bertz CT molecular complexity index is 529. The topological polar surface area (TPSA) is 89.9 Å². The fourth-order valence-corrected chi connectivity index (χ4v) is 2.29. The van der Waals surface area contributed by atoms with Gasteiger partial charge in [-0.3, -0.25) is 0 Å². The molecule has 0 amide bonds. The summed E-state index contributed by atoms with van der Waals surface area (Å²) in [5.74, 6) is -0.869. The van der Waals surface area contributed by atoms with Crippen molar-refractivity contribution in [1.82, 2.24) is 0 Å². The summed E-state index contributed by atoms with van der Waals surface area (Å²) in [7, 11) is -2.67. The maximum absolute atomic E-state index is 11.8. The van der Waals surface area contributed by atoms with Crippen molar-refractivity contribution in [3.05, 3.63) is 24.3 Å². The highest BCUT2D eigenvalue weighted by Crippen LogP contribution is 2.22. The SMILES string of the molecule is COc1ccc(S(=O)(=O)OC(C)(C)C(=O)O)cc1. The third-order valence-electron chi connectivity index (χ3n) is 2.18. The van der Waals surface area contributed by atoms with Crippen LogP contribution in [0.15, 0.2) is 29.2 Å². The van der Waals surface area contributed by atoms with Gasteiger partial charge in [-0.25, -0.2) is 8.98 Å². The highest BCUT2D eigenvalue weighted by molar-refractivity contribution is 7.86. The van der Waals surface area contributed by atoms with Crippen molar-refractivity contribution in [2.24, 2.45) is 0 Å². The Balaban J connectivity index is 3.03. The van der Waals surface area contributed by atoms with E-state index in [0.29, 0.717) is 5.75 Å². The summed E-state index contributed by atoms with van der Waals surface area (Å²) in [5.41, 5.74) is -1.82. The van der Waals surface area contributed by atoms with Crippen molar-refractivity contribution in [2.45, 2.75) is 24.3 Å². The van der Waals surface area contributed by atoms with Crippen molar-refractivity contribution in [1.29, 1.82) is 0 Å². The molecule has 0 aromatic heterocycles. The van der Waals surface area contributed by atoms with Gasteiger partial charge in [0.2, 0.25) is 0 Å². The molecule has 1 aromatic rings. The minimum Gasteiger partial charge on any atom is -0.497 e. The zero-order chi connectivity index (χ0) is 14.0. The van der Waals surface area contributed by atoms with E-state index < -0.39 is 21.7 Å². The van der Waals surface area contributed by atoms with E-state index in [4.69, 9.17) is 9.84 Å². The van der Waals surface area contributed by atoms with Crippen LogP contribution in [0.25, 0.3) is 0 Å². The molecule has 0 fully saturated rings. The number of aliphatic carboxylic acids is 1. The lowest BCUT2D eigenvalue weighted by molar-refractivity contribution is -0.151. The van der Waals surface area contributed by atoms with Crippen LogP contribution in [-0.4, -0.2) is 32.2 Å². The van der Waals surface area contributed by atoms with E-state index in [1.54, 1.807) is 0 Å². The van der Waals surface area contributed by atoms with E-state index in [0.717, 1.165) is 13.8 Å². The van der Waals surface area contributed by atoms with Gasteiger partial charge in [-0.15, -0.1) is 0 Å². The molecule has 0 unspecified atom stereocenters. The van der Waals surface area contributed by atoms with Gasteiger partial charge in [-0.1, -0.05) is 0 Å². The van der Waals surface area contributed by atoms with Gasteiger partial charge >= 0.3 is 5.97 Å². The second-order valence-electron chi connectivity index (χ2n) is 4.03. The molecule has 0 heterocycles. The number of carboxylic acids is 1. The average Bonchev–Trinajstić information content (AvgIpc) is 2.27. The van der Waals surface area contributed by atoms with Crippen LogP contribution in [0.2, 0.25) is 0 Å². The molecule has 0 aliphatic rings. The third kappa shape index (κ3) is 3.21. The molecule has 18 heavy (non-hydrogen) atoms. The van der Waals surface area contributed by atoms with Crippen LogP contribution in [0.5, 0.6) is 5.75 Å². The summed E-state index contributed by atoms with van der Waals surface area (Å²) in [6.45, 7) is 2.33. The zero-order valence-electron chi connectivity index (χ0n) is 10.2. The van der Waals surface area contributed by atoms with Crippen molar-refractivity contribution in [2.75, 3.05) is 7.11 Å². The first-order valence-electron chi connectivity index (χ1n) is 5.02. The Kier molecular flexibility index (Phi) is 3.98. The van der Waals surface area contributed by atoms with E-state index in [-0.39, 0.29) is 4.90 Å². The van der Waals surface area contributed by atoms with E-state index in [1.807, 2.05) is 0 Å². The van der Waals surface area contributed by atoms with E-state index in [1.165, 1.54) is 31.4 Å². The van der Waals surface area contributed by atoms with E-state index in [2.05, 4.69) is 4.18 Å². The van der Waals surface area contributed by atoms with Gasteiger partial charge < -0.3 is 9.84 Å². The molecule has 0 bridgehead atoms. The molecule has 0 aliphatic heterocycles. The molecule has 0 radical (unpaired) electrons. The smallest absolute Gasteiger partial charge is 0.336 e. The highest BCUT2D eigenvalue weighted by Gasteiger charge is 2.35. The number of carboxylic acid groups (broad SMARTS) is 1. The summed E-state index contributed by atoms with van der Waals surface area (Å²) in [5, 5.41) is 8.82. The average molecular weight is 274 g/mol. The van der Waals surface area contributed by atoms with Crippen LogP contribution in [0.3, 0.4) is 0 Å². The Morgan fingerprint density at radius 3 is 2.11 bits per heavy atom. The summed E-state index contributed by atoms with van der Waals surface area (Å²) in [4.78, 5) is 10.7. The quantitative estimate of drug-likeness (QED) is 0.813. The Morgan fingerprint density at radius 2 is 1.72 bits per heavy atom. The molecule has 0 aliphatic carbocycles. The third-order valence-corrected chi connectivity index (χ3v) is 3.67. The molecular weight excluding hydrogens is 260 g/mol. The molecule has 0 spiro atoms. The number of methoxy groups -OCH3 is 1. The molecule has 0 atom stereocenters. The lowest BCUT2D eigenvalue weighted by Gasteiger charge is -2.19. The van der Waals surface area contributed by atoms with Crippen LogP contribution >= 0.6 is 0 Å². The number of carbonyl (C=O) groups is 1. The predicted octanol–water partition coefficient (Wildman–Crippen LogP) is 1.26. The van der Waals surface area contributed by atoms with Crippen LogP contribution in [-0.2, 0) is 19.1 Å². The number of rotatable bonds is 5. The van der Waals surface area contributed by atoms with E-state index >= 15 is 0 Å². The molecule has 6 nitrogen and oxygen atoms in total. The number of benzene rings is 1. The zero-order valence-corrected chi connectivity index (χ0v) is 11.0. The Labute approximate surface area is 105 Å². The monoisotopic (exact) mass is 274 g/mol. The normalized spacial score (nSPS) is 12.2. The van der Waals surface area contributed by atoms with Gasteiger partial charge in [-0.05, 0) is 38.1 Å². The van der Waals surface area contributed by atoms with Gasteiger partial charge in [0.15, 0.2) is 5.60 Å². The largest absolute Gasteiger partial charge is 0.497 e. The minimum atomic E-state index is -4.12. The maximum Gasteiger partial charge on any atom is 0.336 e. The first-order valence-corrected chi connectivity index (χ1v) is 6.43. The van der Waals surface area contributed by atoms with Crippen LogP contribution in [0, 0.1) is 0 Å². The Morgan fingerprint density at radius 1 is 1.22 bits per heavy atom. The highest BCUT2D eigenvalue weighted by atomic mass is 32.2. The van der Waals surface area contributed by atoms with Crippen LogP contribution in [0.1, 0.15) is 13.8 Å². The first kappa shape index (κ1) is 14.5. The molecule has 1 aromatic carbocycles. The van der Waals surface area contributed by atoms with Crippen molar-refractivity contribution >= 4 is 16.1 Å². The summed E-state index contributed by atoms with van der Waals surface area (Å²) < 4.78 is 33.2. The van der Waals surface area contributed by atoms with Gasteiger partial charge in [0.05, 0.1) is 12.0 Å². The lowest BCUT2D eigenvalue weighted by Crippen LogP contribution is -2.36. The predicted molar refractivity (Wildman–Crippen MR) is 63.0 cm³/mol. The molecule has 0 saturated carbocycles. The number of hydrogen-bond donors (Lipinski definition) is 1. The minimum absolute atomic E-state index is 0.127. The Hall–Kier alpha value is -1.60. The van der Waals surface area contributed by atoms with Crippen LogP contribution < -0.4 is 4.74 Å². The van der Waals surface area contributed by atoms with Gasteiger partial charge in [0, 0.05) is 0 Å². The molecule has 100 valence electrons. The van der Waals surface area contributed by atoms with Gasteiger partial charge in [0.25, 0.3) is 10.1 Å². The van der Waals surface area contributed by atoms with Crippen LogP contribution in [0.4, 0.5) is 0 Å². The number of hydrogen-bond acceptors (Lipinski definition) is 5. The van der Waals surface area contributed by atoms with Gasteiger partial charge in [-0.2, -0.15) is 8.42 Å². The van der Waals surface area contributed by atoms with Crippen molar-refractivity contribution < 1.29 is 27.2 Å². The summed E-state index contributed by atoms with van der Waals surface area (Å²) >= 11 is 0. The van der Waals surface area contributed by atoms with Crippen molar-refractivity contribution in [3.8, 4) is 5.75 Å². The second kappa shape index (κ2) is 4.95. The molecule has 7 heteroatoms. The second-order valence-corrected chi connectivity index (χ2v) is 5.57. The molecule has 0 saturated heterocycles. The molecule has 1 rings (SSSR count). The maximum atomic E-state index is 11.8. The molecular formula is C11H14O6S. The van der Waals surface area contributed by atoms with Gasteiger partial charge in [0.1, 0.15) is 5.75 Å². The molecule has 1 N–H and O–H groups in total. The first-order chi connectivity index (χ1) is 8.19. The van der Waals surface area contributed by atoms with Crippen molar-refractivity contribution in [3.63, 3.8) is 0 Å². The standard InChI is InChI=1S/C11H14O6S/c1-11(2,10(12)13)17-18(14,15)9-6-4-8(16-3)5-7-9/h4-7H,1-3H3,(H,12,13). The number of ether oxygens (including phenoxy) is 1. The fraction of sp³-hybridized carbons (Fsp3) is 0.364. The van der Waals surface area contributed by atoms with E-state index in [9.17, 15) is 13.2 Å². The summed E-state index contributed by atoms with van der Waals surface area (Å²) in [6, 6.07) is 5.46. The lowest BCUT2D eigenvalue weighted by atomic mass is 10.1.